The summed E-state index contributed by atoms with van der Waals surface area (Å²) < 4.78 is 13.2. The largest absolute Gasteiger partial charge is 0.329 e. The maximum absolute atomic E-state index is 13.2. The third-order valence-corrected chi connectivity index (χ3v) is 4.52. The Labute approximate surface area is 122 Å². The van der Waals surface area contributed by atoms with Gasteiger partial charge in [0.15, 0.2) is 0 Å². The zero-order valence-electron chi connectivity index (χ0n) is 12.3. The number of amides is 3. The molecule has 112 valence electrons. The number of hydrogen-bond acceptors (Lipinski definition) is 3. The summed E-state index contributed by atoms with van der Waals surface area (Å²) in [6.07, 6.45) is 3.61. The van der Waals surface area contributed by atoms with E-state index >= 15 is 0 Å². The Morgan fingerprint density at radius 1 is 1.33 bits per heavy atom. The highest BCUT2D eigenvalue weighted by Crippen LogP contribution is 2.50. The van der Waals surface area contributed by atoms with Crippen molar-refractivity contribution >= 4 is 17.6 Å². The van der Waals surface area contributed by atoms with Gasteiger partial charge in [0.25, 0.3) is 5.91 Å². The second kappa shape index (κ2) is 4.26. The van der Waals surface area contributed by atoms with Gasteiger partial charge in [-0.3, -0.25) is 9.78 Å². The molecular weight excluding hydrogens is 273 g/mol. The number of urea groups is 1. The number of aromatic nitrogens is 1. The monoisotopic (exact) mass is 291 g/mol. The summed E-state index contributed by atoms with van der Waals surface area (Å²) in [6.45, 7) is 6.38. The van der Waals surface area contributed by atoms with E-state index in [1.165, 1.54) is 6.20 Å². The van der Waals surface area contributed by atoms with Crippen LogP contribution in [0.3, 0.4) is 0 Å². The number of anilines is 1. The zero-order valence-corrected chi connectivity index (χ0v) is 12.3. The van der Waals surface area contributed by atoms with Gasteiger partial charge in [0.1, 0.15) is 11.4 Å². The minimum atomic E-state index is -0.818. The number of nitrogens with zero attached hydrogens (tertiary/aromatic N) is 2. The fourth-order valence-corrected chi connectivity index (χ4v) is 3.05. The molecule has 1 aliphatic heterocycles. The third-order valence-electron chi connectivity index (χ3n) is 4.52. The topological polar surface area (TPSA) is 62.3 Å². The van der Waals surface area contributed by atoms with Crippen molar-refractivity contribution < 1.29 is 14.0 Å². The lowest BCUT2D eigenvalue weighted by atomic mass is 9.59. The van der Waals surface area contributed by atoms with Crippen LogP contribution in [0.2, 0.25) is 0 Å². The smallest absolute Gasteiger partial charge is 0.323 e. The standard InChI is InChI=1S/C15H18FN3O2/c1-14(2,3)9-5-15(6-9)12(20)19(13(21)18-15)11-4-10(16)7-17-8-11/h4,7-9H,5-6H2,1-3H3,(H,18,21). The summed E-state index contributed by atoms with van der Waals surface area (Å²) in [7, 11) is 0. The molecule has 0 bridgehead atoms. The highest BCUT2D eigenvalue weighted by Gasteiger charge is 2.60. The summed E-state index contributed by atoms with van der Waals surface area (Å²) in [5.74, 6) is -0.497. The molecule has 3 rings (SSSR count). The van der Waals surface area contributed by atoms with Gasteiger partial charge in [-0.25, -0.2) is 14.1 Å². The van der Waals surface area contributed by atoms with Crippen LogP contribution in [0.4, 0.5) is 14.9 Å². The number of pyridine rings is 1. The van der Waals surface area contributed by atoms with E-state index in [4.69, 9.17) is 0 Å². The molecule has 1 aliphatic carbocycles. The van der Waals surface area contributed by atoms with Gasteiger partial charge >= 0.3 is 6.03 Å². The van der Waals surface area contributed by atoms with Crippen molar-refractivity contribution in [2.45, 2.75) is 39.2 Å². The van der Waals surface area contributed by atoms with Crippen LogP contribution < -0.4 is 10.2 Å². The Hall–Kier alpha value is -1.98. The molecule has 0 radical (unpaired) electrons. The molecule has 2 fully saturated rings. The Balaban J connectivity index is 1.85. The highest BCUT2D eigenvalue weighted by molar-refractivity contribution is 6.23. The van der Waals surface area contributed by atoms with E-state index in [1.807, 2.05) is 0 Å². The van der Waals surface area contributed by atoms with E-state index in [-0.39, 0.29) is 17.0 Å². The lowest BCUT2D eigenvalue weighted by Gasteiger charge is -2.48. The molecule has 0 unspecified atom stereocenters. The first-order valence-electron chi connectivity index (χ1n) is 7.00. The molecule has 1 aromatic rings. The van der Waals surface area contributed by atoms with E-state index in [0.717, 1.165) is 17.2 Å². The molecule has 21 heavy (non-hydrogen) atoms. The summed E-state index contributed by atoms with van der Waals surface area (Å²) in [4.78, 5) is 29.4. The Morgan fingerprint density at radius 2 is 2.00 bits per heavy atom. The molecular formula is C15H18FN3O2. The second-order valence-corrected chi connectivity index (χ2v) is 6.99. The van der Waals surface area contributed by atoms with Crippen molar-refractivity contribution in [1.29, 1.82) is 0 Å². The van der Waals surface area contributed by atoms with Crippen LogP contribution in [0.25, 0.3) is 0 Å². The minimum absolute atomic E-state index is 0.101. The van der Waals surface area contributed by atoms with Crippen LogP contribution in [0.1, 0.15) is 33.6 Å². The van der Waals surface area contributed by atoms with Crippen molar-refractivity contribution in [3.63, 3.8) is 0 Å². The SMILES string of the molecule is CC(C)(C)C1CC2(C1)NC(=O)N(c1cncc(F)c1)C2=O. The van der Waals surface area contributed by atoms with Crippen molar-refractivity contribution in [1.82, 2.24) is 10.3 Å². The molecule has 1 N–H and O–H groups in total. The lowest BCUT2D eigenvalue weighted by molar-refractivity contribution is -0.128. The normalized spacial score (nSPS) is 28.8. The summed E-state index contributed by atoms with van der Waals surface area (Å²) in [5, 5.41) is 2.77. The van der Waals surface area contributed by atoms with Gasteiger partial charge < -0.3 is 5.32 Å². The number of nitrogens with one attached hydrogen (secondary N) is 1. The summed E-state index contributed by atoms with van der Waals surface area (Å²) >= 11 is 0. The van der Waals surface area contributed by atoms with Crippen LogP contribution >= 0.6 is 0 Å². The predicted octanol–water partition coefficient (Wildman–Crippen LogP) is 2.47. The molecule has 1 spiro atoms. The molecule has 2 aliphatic rings. The molecule has 1 saturated heterocycles. The van der Waals surface area contributed by atoms with Gasteiger partial charge in [0.2, 0.25) is 0 Å². The van der Waals surface area contributed by atoms with E-state index < -0.39 is 17.4 Å². The van der Waals surface area contributed by atoms with Crippen molar-refractivity contribution in [3.05, 3.63) is 24.3 Å². The van der Waals surface area contributed by atoms with Crippen LogP contribution in [-0.2, 0) is 4.79 Å². The van der Waals surface area contributed by atoms with Gasteiger partial charge in [-0.05, 0) is 24.2 Å². The fourth-order valence-electron chi connectivity index (χ4n) is 3.05. The number of hydrogen-bond donors (Lipinski definition) is 1. The van der Waals surface area contributed by atoms with Gasteiger partial charge in [-0.15, -0.1) is 0 Å². The summed E-state index contributed by atoms with van der Waals surface area (Å²) in [5.41, 5.74) is -0.542. The number of halogens is 1. The maximum Gasteiger partial charge on any atom is 0.329 e. The van der Waals surface area contributed by atoms with Crippen molar-refractivity contribution in [3.8, 4) is 0 Å². The van der Waals surface area contributed by atoms with E-state index in [0.29, 0.717) is 18.8 Å². The third kappa shape index (κ3) is 2.09. The summed E-state index contributed by atoms with van der Waals surface area (Å²) in [6, 6.07) is 0.642. The number of carbonyl (C=O) groups is 2. The predicted molar refractivity (Wildman–Crippen MR) is 75.1 cm³/mol. The van der Waals surface area contributed by atoms with Crippen molar-refractivity contribution in [2.75, 3.05) is 4.90 Å². The second-order valence-electron chi connectivity index (χ2n) is 6.99. The molecule has 0 atom stereocenters. The zero-order chi connectivity index (χ0) is 15.4. The van der Waals surface area contributed by atoms with Gasteiger partial charge in [-0.1, -0.05) is 20.8 Å². The lowest BCUT2D eigenvalue weighted by Crippen LogP contribution is -2.59. The molecule has 5 nitrogen and oxygen atoms in total. The van der Waals surface area contributed by atoms with Gasteiger partial charge in [-0.2, -0.15) is 0 Å². The van der Waals surface area contributed by atoms with Crippen molar-refractivity contribution in [2.24, 2.45) is 11.3 Å². The highest BCUT2D eigenvalue weighted by atomic mass is 19.1. The number of imide groups is 1. The van der Waals surface area contributed by atoms with Crippen LogP contribution in [-0.4, -0.2) is 22.5 Å². The molecule has 6 heteroatoms. The quantitative estimate of drug-likeness (QED) is 0.808. The van der Waals surface area contributed by atoms with E-state index in [1.54, 1.807) is 0 Å². The molecule has 3 amide bonds. The Kier molecular flexibility index (Phi) is 2.83. The van der Waals surface area contributed by atoms with Gasteiger partial charge in [0, 0.05) is 6.07 Å². The van der Waals surface area contributed by atoms with Crippen LogP contribution in [0, 0.1) is 17.2 Å². The van der Waals surface area contributed by atoms with Crippen LogP contribution in [0.5, 0.6) is 0 Å². The molecule has 1 aromatic heterocycles. The molecule has 2 heterocycles. The van der Waals surface area contributed by atoms with E-state index in [9.17, 15) is 14.0 Å². The number of rotatable bonds is 1. The van der Waals surface area contributed by atoms with Crippen LogP contribution in [0.15, 0.2) is 18.5 Å². The molecule has 0 aromatic carbocycles. The Morgan fingerprint density at radius 3 is 2.57 bits per heavy atom. The fraction of sp³-hybridized carbons (Fsp3) is 0.533. The van der Waals surface area contributed by atoms with Gasteiger partial charge in [0.05, 0.1) is 18.1 Å². The Bertz CT molecular complexity index is 618. The first-order chi connectivity index (χ1) is 9.73. The average molecular weight is 291 g/mol. The minimum Gasteiger partial charge on any atom is -0.323 e. The maximum atomic E-state index is 13.2. The first kappa shape index (κ1) is 14.0. The first-order valence-corrected chi connectivity index (χ1v) is 7.00. The number of carbonyl (C=O) groups excluding carboxylic acids is 2. The molecule has 1 saturated carbocycles. The van der Waals surface area contributed by atoms with E-state index in [2.05, 4.69) is 31.1 Å². The average Bonchev–Trinajstić information content (AvgIpc) is 2.58.